The van der Waals surface area contributed by atoms with Crippen molar-refractivity contribution in [1.29, 1.82) is 0 Å². The number of rotatable bonds is 4. The summed E-state index contributed by atoms with van der Waals surface area (Å²) in [6, 6.07) is -0.358. The van der Waals surface area contributed by atoms with Gasteiger partial charge in [-0.2, -0.15) is 4.98 Å². The van der Waals surface area contributed by atoms with Crippen LogP contribution in [0.2, 0.25) is 0 Å². The van der Waals surface area contributed by atoms with Crippen LogP contribution in [-0.2, 0) is 4.79 Å². The summed E-state index contributed by atoms with van der Waals surface area (Å²) in [7, 11) is 1.58. The molecule has 0 aromatic carbocycles. The van der Waals surface area contributed by atoms with Gasteiger partial charge in [0.25, 0.3) is 0 Å². The van der Waals surface area contributed by atoms with Gasteiger partial charge in [0, 0.05) is 20.1 Å². The Morgan fingerprint density at radius 2 is 2.42 bits per heavy atom. The number of aromatic nitrogens is 2. The summed E-state index contributed by atoms with van der Waals surface area (Å²) in [5, 5.41) is 5.54. The standard InChI is InChI=1S/C12H18FN5O/c1-3-15-12-16-7-8(13)10(17-12)18-6-4-5-9(18)11(19)14-2/h7,9H,3-6H2,1-2H3,(H,14,19)(H,15,16,17). The van der Waals surface area contributed by atoms with Crippen molar-refractivity contribution in [1.82, 2.24) is 15.3 Å². The zero-order valence-corrected chi connectivity index (χ0v) is 11.1. The molecule has 104 valence electrons. The summed E-state index contributed by atoms with van der Waals surface area (Å²) in [4.78, 5) is 21.5. The predicted molar refractivity (Wildman–Crippen MR) is 70.6 cm³/mol. The first-order valence-electron chi connectivity index (χ1n) is 6.42. The van der Waals surface area contributed by atoms with E-state index >= 15 is 0 Å². The molecule has 1 aliphatic rings. The van der Waals surface area contributed by atoms with Gasteiger partial charge in [-0.3, -0.25) is 4.79 Å². The first kappa shape index (κ1) is 13.5. The van der Waals surface area contributed by atoms with Crippen molar-refractivity contribution in [3.8, 4) is 0 Å². The molecule has 2 rings (SSSR count). The maximum absolute atomic E-state index is 13.9. The largest absolute Gasteiger partial charge is 0.357 e. The molecule has 0 saturated carbocycles. The van der Waals surface area contributed by atoms with Crippen molar-refractivity contribution in [3.63, 3.8) is 0 Å². The van der Waals surface area contributed by atoms with Crippen molar-refractivity contribution in [2.24, 2.45) is 0 Å². The molecular weight excluding hydrogens is 249 g/mol. The normalized spacial score (nSPS) is 18.5. The van der Waals surface area contributed by atoms with Crippen LogP contribution in [0, 0.1) is 5.82 Å². The maximum atomic E-state index is 13.9. The Kier molecular flexibility index (Phi) is 4.13. The van der Waals surface area contributed by atoms with Gasteiger partial charge in [0.1, 0.15) is 6.04 Å². The Bertz CT molecular complexity index is 467. The fourth-order valence-corrected chi connectivity index (χ4v) is 2.26. The molecule has 1 fully saturated rings. The topological polar surface area (TPSA) is 70.2 Å². The molecule has 1 atom stereocenters. The maximum Gasteiger partial charge on any atom is 0.242 e. The Hall–Kier alpha value is -1.92. The molecule has 6 nitrogen and oxygen atoms in total. The van der Waals surface area contributed by atoms with Crippen LogP contribution in [0.4, 0.5) is 16.2 Å². The van der Waals surface area contributed by atoms with Crippen LogP contribution in [0.5, 0.6) is 0 Å². The van der Waals surface area contributed by atoms with Crippen molar-refractivity contribution < 1.29 is 9.18 Å². The molecule has 0 spiro atoms. The van der Waals surface area contributed by atoms with E-state index in [-0.39, 0.29) is 17.8 Å². The molecule has 1 amide bonds. The van der Waals surface area contributed by atoms with Crippen LogP contribution < -0.4 is 15.5 Å². The number of halogens is 1. The van der Waals surface area contributed by atoms with Crippen molar-refractivity contribution >= 4 is 17.7 Å². The monoisotopic (exact) mass is 267 g/mol. The first-order chi connectivity index (χ1) is 9.17. The number of hydrogen-bond acceptors (Lipinski definition) is 5. The van der Waals surface area contributed by atoms with Crippen LogP contribution in [-0.4, -0.2) is 42.1 Å². The minimum atomic E-state index is -0.502. The number of carbonyl (C=O) groups excluding carboxylic acids is 1. The van der Waals surface area contributed by atoms with Crippen LogP contribution in [0.1, 0.15) is 19.8 Å². The predicted octanol–water partition coefficient (Wildman–Crippen LogP) is 0.762. The third kappa shape index (κ3) is 2.74. The van der Waals surface area contributed by atoms with Crippen molar-refractivity contribution in [2.45, 2.75) is 25.8 Å². The van der Waals surface area contributed by atoms with Crippen LogP contribution in [0.15, 0.2) is 6.20 Å². The summed E-state index contributed by atoms with van der Waals surface area (Å²) in [5.41, 5.74) is 0. The second kappa shape index (κ2) is 5.81. The molecule has 2 N–H and O–H groups in total. The SMILES string of the molecule is CCNc1ncc(F)c(N2CCCC2C(=O)NC)n1. The zero-order valence-electron chi connectivity index (χ0n) is 11.1. The summed E-state index contributed by atoms with van der Waals surface area (Å²) < 4.78 is 13.9. The number of likely N-dealkylation sites (N-methyl/N-ethyl adjacent to an activating group) is 1. The van der Waals surface area contributed by atoms with Crippen molar-refractivity contribution in [2.75, 3.05) is 30.4 Å². The lowest BCUT2D eigenvalue weighted by atomic mass is 10.2. The average molecular weight is 267 g/mol. The van der Waals surface area contributed by atoms with E-state index in [2.05, 4.69) is 20.6 Å². The Balaban J connectivity index is 2.29. The summed E-state index contributed by atoms with van der Waals surface area (Å²) >= 11 is 0. The molecule has 1 aromatic heterocycles. The average Bonchev–Trinajstić information content (AvgIpc) is 2.89. The van der Waals surface area contributed by atoms with Gasteiger partial charge in [-0.15, -0.1) is 0 Å². The Morgan fingerprint density at radius 3 is 3.11 bits per heavy atom. The highest BCUT2D eigenvalue weighted by molar-refractivity contribution is 5.85. The van der Waals surface area contributed by atoms with E-state index in [0.29, 0.717) is 25.5 Å². The number of hydrogen-bond donors (Lipinski definition) is 2. The molecule has 1 unspecified atom stereocenters. The molecule has 0 radical (unpaired) electrons. The van der Waals surface area contributed by atoms with Crippen LogP contribution in [0.3, 0.4) is 0 Å². The van der Waals surface area contributed by atoms with E-state index in [1.54, 1.807) is 11.9 Å². The fourth-order valence-electron chi connectivity index (χ4n) is 2.26. The van der Waals surface area contributed by atoms with Gasteiger partial charge >= 0.3 is 0 Å². The van der Waals surface area contributed by atoms with E-state index in [4.69, 9.17) is 0 Å². The number of nitrogens with zero attached hydrogens (tertiary/aromatic N) is 3. The summed E-state index contributed by atoms with van der Waals surface area (Å²) in [5.74, 6) is -0.0449. The van der Waals surface area contributed by atoms with Crippen molar-refractivity contribution in [3.05, 3.63) is 12.0 Å². The smallest absolute Gasteiger partial charge is 0.242 e. The minimum Gasteiger partial charge on any atom is -0.357 e. The molecule has 7 heteroatoms. The van der Waals surface area contributed by atoms with E-state index in [1.165, 1.54) is 0 Å². The van der Waals surface area contributed by atoms with Gasteiger partial charge in [0.2, 0.25) is 11.9 Å². The molecule has 0 aliphatic carbocycles. The summed E-state index contributed by atoms with van der Waals surface area (Å²) in [6.07, 6.45) is 2.69. The third-order valence-corrected chi connectivity index (χ3v) is 3.13. The Morgan fingerprint density at radius 1 is 1.63 bits per heavy atom. The van der Waals surface area contributed by atoms with Gasteiger partial charge in [-0.05, 0) is 19.8 Å². The highest BCUT2D eigenvalue weighted by Crippen LogP contribution is 2.26. The first-order valence-corrected chi connectivity index (χ1v) is 6.42. The second-order valence-corrected chi connectivity index (χ2v) is 4.36. The fraction of sp³-hybridized carbons (Fsp3) is 0.583. The van der Waals surface area contributed by atoms with E-state index in [1.807, 2.05) is 6.92 Å². The van der Waals surface area contributed by atoms with Gasteiger partial charge in [0.05, 0.1) is 6.20 Å². The lowest BCUT2D eigenvalue weighted by Crippen LogP contribution is -2.42. The number of nitrogens with one attached hydrogen (secondary N) is 2. The number of anilines is 2. The minimum absolute atomic E-state index is 0.111. The quantitative estimate of drug-likeness (QED) is 0.843. The lowest BCUT2D eigenvalue weighted by molar-refractivity contribution is -0.121. The molecule has 1 saturated heterocycles. The highest BCUT2D eigenvalue weighted by Gasteiger charge is 2.32. The number of amides is 1. The van der Waals surface area contributed by atoms with Gasteiger partial charge in [-0.25, -0.2) is 9.37 Å². The molecule has 19 heavy (non-hydrogen) atoms. The van der Waals surface area contributed by atoms with E-state index in [9.17, 15) is 9.18 Å². The zero-order chi connectivity index (χ0) is 13.8. The van der Waals surface area contributed by atoms with E-state index < -0.39 is 5.82 Å². The second-order valence-electron chi connectivity index (χ2n) is 4.36. The third-order valence-electron chi connectivity index (χ3n) is 3.13. The number of carbonyl (C=O) groups is 1. The molecule has 2 heterocycles. The molecule has 1 aliphatic heterocycles. The lowest BCUT2D eigenvalue weighted by Gasteiger charge is -2.24. The van der Waals surface area contributed by atoms with Gasteiger partial charge in [0.15, 0.2) is 11.6 Å². The van der Waals surface area contributed by atoms with Crippen LogP contribution >= 0.6 is 0 Å². The highest BCUT2D eigenvalue weighted by atomic mass is 19.1. The Labute approximate surface area is 111 Å². The summed E-state index contributed by atoms with van der Waals surface area (Å²) in [6.45, 7) is 3.19. The molecule has 0 bridgehead atoms. The van der Waals surface area contributed by atoms with Gasteiger partial charge in [-0.1, -0.05) is 0 Å². The molecular formula is C12H18FN5O. The molecule has 1 aromatic rings. The van der Waals surface area contributed by atoms with Gasteiger partial charge < -0.3 is 15.5 Å². The van der Waals surface area contributed by atoms with E-state index in [0.717, 1.165) is 12.6 Å². The van der Waals surface area contributed by atoms with Crippen LogP contribution in [0.25, 0.3) is 0 Å².